The predicted octanol–water partition coefficient (Wildman–Crippen LogP) is 6.31. The van der Waals surface area contributed by atoms with Gasteiger partial charge in [0.25, 0.3) is 0 Å². The Morgan fingerprint density at radius 2 is 0.750 bits per heavy atom. The lowest BCUT2D eigenvalue weighted by molar-refractivity contribution is -0.118. The molecule has 0 spiro atoms. The lowest BCUT2D eigenvalue weighted by Crippen LogP contribution is -2.03. The first-order valence-corrected chi connectivity index (χ1v) is 9.80. The summed E-state index contributed by atoms with van der Waals surface area (Å²) in [5, 5.41) is 7.37. The van der Waals surface area contributed by atoms with Crippen molar-refractivity contribution in [2.75, 3.05) is 0 Å². The van der Waals surface area contributed by atoms with Crippen LogP contribution in [0.25, 0.3) is 32.3 Å². The molecule has 2 atom stereocenters. The third-order valence-corrected chi connectivity index (χ3v) is 6.67. The molecule has 0 unspecified atom stereocenters. The van der Waals surface area contributed by atoms with Gasteiger partial charge in [0.2, 0.25) is 0 Å². The molecule has 2 aliphatic carbocycles. The molecule has 0 N–H and O–H groups in total. The van der Waals surface area contributed by atoms with Crippen molar-refractivity contribution >= 4 is 38.1 Å². The summed E-state index contributed by atoms with van der Waals surface area (Å²) < 4.78 is 0. The molecule has 0 saturated heterocycles. The van der Waals surface area contributed by atoms with E-state index in [9.17, 15) is 4.79 Å². The molecule has 0 fully saturated rings. The maximum absolute atomic E-state index is 13.3. The third-order valence-electron chi connectivity index (χ3n) is 6.67. The summed E-state index contributed by atoms with van der Waals surface area (Å²) in [6.07, 6.45) is 0. The van der Waals surface area contributed by atoms with Gasteiger partial charge in [0.15, 0.2) is 5.78 Å². The minimum absolute atomic E-state index is 0.101. The highest BCUT2D eigenvalue weighted by Crippen LogP contribution is 2.55. The van der Waals surface area contributed by atoms with Crippen molar-refractivity contribution in [2.45, 2.75) is 11.8 Å². The minimum Gasteiger partial charge on any atom is -0.298 e. The van der Waals surface area contributed by atoms with E-state index in [4.69, 9.17) is 0 Å². The number of carbonyl (C=O) groups is 1. The summed E-state index contributed by atoms with van der Waals surface area (Å²) in [4.78, 5) is 13.3. The molecule has 0 aromatic heterocycles. The highest BCUT2D eigenvalue weighted by atomic mass is 16.1. The maximum atomic E-state index is 13.3. The molecule has 0 amide bonds. The minimum atomic E-state index is -0.101. The van der Waals surface area contributed by atoms with Crippen LogP contribution in [-0.4, -0.2) is 5.78 Å². The van der Waals surface area contributed by atoms with E-state index < -0.39 is 0 Å². The Bertz CT molecular complexity index is 1380. The molecule has 5 aromatic carbocycles. The fourth-order valence-electron chi connectivity index (χ4n) is 5.42. The normalized spacial score (nSPS) is 19.5. The standard InChI is InChI=1S/C27H16O/c28-27-25-21-11-17-7-3-4-8-18(17)12-22(21)26(27)24-14-20-10-16-6-2-1-5-15(16)9-19(20)13-23(24)25/h1-14,25-26H/t25-,26+. The molecule has 2 bridgehead atoms. The largest absolute Gasteiger partial charge is 0.298 e. The van der Waals surface area contributed by atoms with E-state index in [2.05, 4.69) is 84.9 Å². The number of ketones is 1. The SMILES string of the molecule is O=C1[C@@H]2c3cc4ccccc4cc3[C@H]1c1cc3cc4ccccc4cc3cc12. The van der Waals surface area contributed by atoms with Crippen LogP contribution in [0.4, 0.5) is 0 Å². The molecule has 7 rings (SSSR count). The number of carbonyl (C=O) groups excluding carboxylic acids is 1. The average Bonchev–Trinajstić information content (AvgIpc) is 3.15. The Labute approximate surface area is 162 Å². The number of fused-ring (bicyclic) bond motifs is 11. The zero-order valence-electron chi connectivity index (χ0n) is 15.1. The molecule has 0 radical (unpaired) electrons. The van der Waals surface area contributed by atoms with Gasteiger partial charge in [-0.2, -0.15) is 0 Å². The molecule has 5 aromatic rings. The number of Topliss-reactive ketones (excluding diaryl/α,β-unsaturated/α-hetero) is 1. The molecule has 0 aliphatic heterocycles. The lowest BCUT2D eigenvalue weighted by Gasteiger charge is -2.19. The van der Waals surface area contributed by atoms with Crippen LogP contribution in [0, 0.1) is 0 Å². The average molecular weight is 356 g/mol. The van der Waals surface area contributed by atoms with Crippen LogP contribution in [0.3, 0.4) is 0 Å². The quantitative estimate of drug-likeness (QED) is 0.297. The molecular formula is C27H16O. The summed E-state index contributed by atoms with van der Waals surface area (Å²) >= 11 is 0. The molecule has 1 nitrogen and oxygen atoms in total. The topological polar surface area (TPSA) is 17.1 Å². The van der Waals surface area contributed by atoms with Gasteiger partial charge in [0.05, 0.1) is 11.8 Å². The van der Waals surface area contributed by atoms with Gasteiger partial charge < -0.3 is 0 Å². The lowest BCUT2D eigenvalue weighted by atomic mass is 9.83. The van der Waals surface area contributed by atoms with Gasteiger partial charge in [-0.05, 0) is 91.0 Å². The fraction of sp³-hybridized carbons (Fsp3) is 0.0741. The van der Waals surface area contributed by atoms with Crippen LogP contribution in [0.5, 0.6) is 0 Å². The smallest absolute Gasteiger partial charge is 0.156 e. The summed E-state index contributed by atoms with van der Waals surface area (Å²) in [5.74, 6) is 0.145. The van der Waals surface area contributed by atoms with Crippen LogP contribution in [-0.2, 0) is 4.79 Å². The van der Waals surface area contributed by atoms with Crippen LogP contribution in [0.1, 0.15) is 34.1 Å². The maximum Gasteiger partial charge on any atom is 0.156 e. The van der Waals surface area contributed by atoms with Crippen LogP contribution < -0.4 is 0 Å². The van der Waals surface area contributed by atoms with Crippen molar-refractivity contribution in [3.8, 4) is 0 Å². The second-order valence-corrected chi connectivity index (χ2v) is 8.12. The first-order chi connectivity index (χ1) is 13.8. The van der Waals surface area contributed by atoms with E-state index in [1.54, 1.807) is 0 Å². The zero-order chi connectivity index (χ0) is 18.4. The Balaban J connectivity index is 1.53. The Kier molecular flexibility index (Phi) is 2.54. The van der Waals surface area contributed by atoms with Crippen molar-refractivity contribution in [2.24, 2.45) is 0 Å². The summed E-state index contributed by atoms with van der Waals surface area (Å²) in [7, 11) is 0. The van der Waals surface area contributed by atoms with Crippen molar-refractivity contribution in [3.63, 3.8) is 0 Å². The first-order valence-electron chi connectivity index (χ1n) is 9.80. The van der Waals surface area contributed by atoms with Gasteiger partial charge in [0.1, 0.15) is 0 Å². The van der Waals surface area contributed by atoms with Gasteiger partial charge in [-0.15, -0.1) is 0 Å². The van der Waals surface area contributed by atoms with Crippen molar-refractivity contribution in [3.05, 3.63) is 107 Å². The monoisotopic (exact) mass is 356 g/mol. The second kappa shape index (κ2) is 4.88. The van der Waals surface area contributed by atoms with Crippen molar-refractivity contribution < 1.29 is 4.79 Å². The Morgan fingerprint density at radius 3 is 1.14 bits per heavy atom. The summed E-state index contributed by atoms with van der Waals surface area (Å²) in [6.45, 7) is 0. The molecular weight excluding hydrogens is 340 g/mol. The number of rotatable bonds is 0. The van der Waals surface area contributed by atoms with Gasteiger partial charge in [-0.25, -0.2) is 0 Å². The van der Waals surface area contributed by atoms with Gasteiger partial charge >= 0.3 is 0 Å². The molecule has 0 saturated carbocycles. The summed E-state index contributed by atoms with van der Waals surface area (Å²) in [5.41, 5.74) is 4.84. The predicted molar refractivity (Wildman–Crippen MR) is 114 cm³/mol. The third kappa shape index (κ3) is 1.70. The van der Waals surface area contributed by atoms with Gasteiger partial charge in [-0.3, -0.25) is 4.79 Å². The second-order valence-electron chi connectivity index (χ2n) is 8.12. The van der Waals surface area contributed by atoms with Gasteiger partial charge in [0, 0.05) is 0 Å². The van der Waals surface area contributed by atoms with E-state index in [-0.39, 0.29) is 11.8 Å². The Hall–Kier alpha value is -3.45. The van der Waals surface area contributed by atoms with Gasteiger partial charge in [-0.1, -0.05) is 48.5 Å². The highest BCUT2D eigenvalue weighted by Gasteiger charge is 2.49. The number of hydrogen-bond acceptors (Lipinski definition) is 1. The van der Waals surface area contributed by atoms with E-state index in [1.807, 2.05) is 0 Å². The van der Waals surface area contributed by atoms with E-state index in [1.165, 1.54) is 54.6 Å². The van der Waals surface area contributed by atoms with E-state index >= 15 is 0 Å². The fourth-order valence-corrected chi connectivity index (χ4v) is 5.42. The van der Waals surface area contributed by atoms with Crippen LogP contribution in [0.2, 0.25) is 0 Å². The molecule has 130 valence electrons. The van der Waals surface area contributed by atoms with Crippen molar-refractivity contribution in [1.29, 1.82) is 0 Å². The molecule has 0 heterocycles. The molecule has 2 aliphatic rings. The van der Waals surface area contributed by atoms with E-state index in [0.717, 1.165) is 0 Å². The highest BCUT2D eigenvalue weighted by molar-refractivity contribution is 6.10. The molecule has 1 heteroatoms. The van der Waals surface area contributed by atoms with Crippen LogP contribution >= 0.6 is 0 Å². The molecule has 28 heavy (non-hydrogen) atoms. The number of benzene rings is 5. The number of hydrogen-bond donors (Lipinski definition) is 0. The first kappa shape index (κ1) is 14.6. The van der Waals surface area contributed by atoms with Crippen LogP contribution in [0.15, 0.2) is 84.9 Å². The van der Waals surface area contributed by atoms with E-state index in [0.29, 0.717) is 5.78 Å². The Morgan fingerprint density at radius 1 is 0.429 bits per heavy atom. The zero-order valence-corrected chi connectivity index (χ0v) is 15.1. The summed E-state index contributed by atoms with van der Waals surface area (Å²) in [6, 6.07) is 30.4. The van der Waals surface area contributed by atoms with Crippen molar-refractivity contribution in [1.82, 2.24) is 0 Å².